The highest BCUT2D eigenvalue weighted by Gasteiger charge is 2.39. The molecule has 2 N–H and O–H groups in total. The van der Waals surface area contributed by atoms with Gasteiger partial charge in [-0.25, -0.2) is 0 Å². The molecule has 4 aromatic rings. The van der Waals surface area contributed by atoms with E-state index in [1.807, 2.05) is 97.1 Å². The molecule has 226 valence electrons. The summed E-state index contributed by atoms with van der Waals surface area (Å²) < 4.78 is 29.8. The van der Waals surface area contributed by atoms with Crippen LogP contribution in [0.4, 0.5) is 0 Å². The first-order valence-corrected chi connectivity index (χ1v) is 18.8. The molecule has 6 heteroatoms. The van der Waals surface area contributed by atoms with Crippen LogP contribution >= 0.6 is 14.6 Å². The average molecular weight is 613 g/mol. The lowest BCUT2D eigenvalue weighted by Crippen LogP contribution is -2.45. The number of nitrogens with one attached hydrogen (secondary N) is 2. The van der Waals surface area contributed by atoms with E-state index in [2.05, 4.69) is 51.7 Å². The predicted octanol–water partition coefficient (Wildman–Crippen LogP) is 7.45. The molecule has 0 saturated heterocycles. The largest absolute Gasteiger partial charge is 0.297 e. The van der Waals surface area contributed by atoms with Crippen LogP contribution in [0.5, 0.6) is 0 Å². The van der Waals surface area contributed by atoms with Crippen LogP contribution in [-0.2, 0) is 9.13 Å². The molecule has 0 radical (unpaired) electrons. The Morgan fingerprint density at radius 3 is 1.30 bits per heavy atom. The van der Waals surface area contributed by atoms with Gasteiger partial charge >= 0.3 is 0 Å². The van der Waals surface area contributed by atoms with Gasteiger partial charge in [-0.1, -0.05) is 84.6 Å². The van der Waals surface area contributed by atoms with Gasteiger partial charge in [0.25, 0.3) is 0 Å². The molecule has 2 atom stereocenters. The van der Waals surface area contributed by atoms with E-state index in [1.54, 1.807) is 0 Å². The first kappa shape index (κ1) is 31.7. The summed E-state index contributed by atoms with van der Waals surface area (Å²) in [5.41, 5.74) is 4.64. The molecule has 0 amide bonds. The maximum Gasteiger partial charge on any atom is 0.204 e. The van der Waals surface area contributed by atoms with Crippen molar-refractivity contribution in [1.29, 1.82) is 0 Å². The van der Waals surface area contributed by atoms with Crippen LogP contribution in [0.25, 0.3) is 0 Å². The van der Waals surface area contributed by atoms with Gasteiger partial charge in [-0.2, -0.15) is 0 Å². The van der Waals surface area contributed by atoms with E-state index in [0.29, 0.717) is 6.54 Å². The number of aryl methyl sites for hydroxylation is 4. The van der Waals surface area contributed by atoms with E-state index in [4.69, 9.17) is 0 Å². The van der Waals surface area contributed by atoms with Gasteiger partial charge in [0.05, 0.1) is 0 Å². The molecular weight excluding hydrogens is 566 g/mol. The molecule has 1 saturated carbocycles. The van der Waals surface area contributed by atoms with Crippen LogP contribution < -0.4 is 31.4 Å². The third-order valence-corrected chi connectivity index (χ3v) is 14.3. The molecule has 1 aliphatic carbocycles. The average Bonchev–Trinajstić information content (AvgIpc) is 2.96. The summed E-state index contributed by atoms with van der Waals surface area (Å²) in [6.07, 6.45) is 2.80. The number of hydrogen-bond acceptors (Lipinski definition) is 2. The molecular formula is C37H46N2O2P2. The van der Waals surface area contributed by atoms with Gasteiger partial charge in [0.15, 0.2) is 0 Å². The van der Waals surface area contributed by atoms with Crippen molar-refractivity contribution >= 4 is 35.8 Å². The Hall–Kier alpha value is -2.74. The standard InChI is InChI=1S/C37H46N2O2P2/c1-27-7-15-33(16-8-27)42(40,34-17-9-28(2)10-18-34)38-26-31-23-32(25-37(5,6)24-31)39-43(41,35-19-11-29(3)12-20-35)36-21-13-30(4)14-22-36/h7-22,31-32H,23-26H2,1-6H3,(H,38,40)(H,39,41). The van der Waals surface area contributed by atoms with Crippen molar-refractivity contribution in [3.8, 4) is 0 Å². The van der Waals surface area contributed by atoms with E-state index in [0.717, 1.165) is 62.7 Å². The lowest BCUT2D eigenvalue weighted by molar-refractivity contribution is 0.154. The van der Waals surface area contributed by atoms with Gasteiger partial charge in [-0.3, -0.25) is 19.3 Å². The third kappa shape index (κ3) is 7.33. The normalized spacial score (nSPS) is 18.8. The topological polar surface area (TPSA) is 58.2 Å². The minimum absolute atomic E-state index is 0.0470. The smallest absolute Gasteiger partial charge is 0.204 e. The Labute approximate surface area is 258 Å². The summed E-state index contributed by atoms with van der Waals surface area (Å²) in [6, 6.07) is 32.4. The molecule has 5 rings (SSSR count). The Bertz CT molecular complexity index is 1530. The first-order chi connectivity index (χ1) is 20.4. The maximum absolute atomic E-state index is 15.0. The van der Waals surface area contributed by atoms with Gasteiger partial charge in [0, 0.05) is 33.8 Å². The Kier molecular flexibility index (Phi) is 9.36. The molecule has 1 aliphatic rings. The summed E-state index contributed by atoms with van der Waals surface area (Å²) in [4.78, 5) is 0. The predicted molar refractivity (Wildman–Crippen MR) is 185 cm³/mol. The third-order valence-electron chi connectivity index (χ3n) is 8.82. The van der Waals surface area contributed by atoms with Gasteiger partial charge in [0.2, 0.25) is 14.6 Å². The van der Waals surface area contributed by atoms with Crippen LogP contribution in [-0.4, -0.2) is 12.6 Å². The Morgan fingerprint density at radius 1 is 0.581 bits per heavy atom. The van der Waals surface area contributed by atoms with E-state index in [9.17, 15) is 9.13 Å². The van der Waals surface area contributed by atoms with Gasteiger partial charge in [0.1, 0.15) is 0 Å². The zero-order chi connectivity index (χ0) is 30.8. The van der Waals surface area contributed by atoms with Crippen molar-refractivity contribution in [3.05, 3.63) is 119 Å². The number of rotatable bonds is 9. The van der Waals surface area contributed by atoms with Crippen LogP contribution in [0.15, 0.2) is 97.1 Å². The molecule has 4 aromatic carbocycles. The molecule has 2 unspecified atom stereocenters. The molecule has 0 bridgehead atoms. The van der Waals surface area contributed by atoms with E-state index in [1.165, 1.54) is 0 Å². The summed E-state index contributed by atoms with van der Waals surface area (Å²) in [5, 5.41) is 10.6. The minimum atomic E-state index is -3.10. The van der Waals surface area contributed by atoms with Crippen molar-refractivity contribution in [2.24, 2.45) is 11.3 Å². The van der Waals surface area contributed by atoms with Crippen LogP contribution in [0, 0.1) is 39.0 Å². The van der Waals surface area contributed by atoms with Gasteiger partial charge in [-0.15, -0.1) is 0 Å². The van der Waals surface area contributed by atoms with Crippen molar-refractivity contribution < 1.29 is 9.13 Å². The van der Waals surface area contributed by atoms with E-state index < -0.39 is 14.6 Å². The Balaban J connectivity index is 1.42. The fraction of sp³-hybridized carbons (Fsp3) is 0.351. The molecule has 1 fully saturated rings. The maximum atomic E-state index is 15.0. The Morgan fingerprint density at radius 2 is 0.930 bits per heavy atom. The van der Waals surface area contributed by atoms with Crippen LogP contribution in [0.3, 0.4) is 0 Å². The zero-order valence-electron chi connectivity index (χ0n) is 26.4. The second-order valence-electron chi connectivity index (χ2n) is 13.4. The molecule has 0 aliphatic heterocycles. The van der Waals surface area contributed by atoms with Gasteiger partial charge in [-0.05, 0) is 107 Å². The van der Waals surface area contributed by atoms with Crippen molar-refractivity contribution in [2.75, 3.05) is 6.54 Å². The summed E-state index contributed by atoms with van der Waals surface area (Å²) in [6.45, 7) is 13.4. The summed E-state index contributed by atoms with van der Waals surface area (Å²) in [5.74, 6) is 0.273. The summed E-state index contributed by atoms with van der Waals surface area (Å²) in [7, 11) is -6.16. The highest BCUT2D eigenvalue weighted by molar-refractivity contribution is 7.77. The first-order valence-electron chi connectivity index (χ1n) is 15.4. The molecule has 43 heavy (non-hydrogen) atoms. The fourth-order valence-electron chi connectivity index (χ4n) is 6.52. The second kappa shape index (κ2) is 12.7. The highest BCUT2D eigenvalue weighted by atomic mass is 31.2. The molecule has 0 spiro atoms. The van der Waals surface area contributed by atoms with Crippen molar-refractivity contribution in [2.45, 2.75) is 66.8 Å². The second-order valence-corrected chi connectivity index (χ2v) is 18.5. The highest BCUT2D eigenvalue weighted by Crippen LogP contribution is 2.46. The lowest BCUT2D eigenvalue weighted by Gasteiger charge is -2.42. The number of benzene rings is 4. The van der Waals surface area contributed by atoms with Crippen molar-refractivity contribution in [1.82, 2.24) is 10.2 Å². The zero-order valence-corrected chi connectivity index (χ0v) is 28.2. The minimum Gasteiger partial charge on any atom is -0.297 e. The van der Waals surface area contributed by atoms with E-state index in [-0.39, 0.29) is 17.4 Å². The number of hydrogen-bond donors (Lipinski definition) is 2. The fourth-order valence-corrected chi connectivity index (χ4v) is 11.3. The quantitative estimate of drug-likeness (QED) is 0.193. The van der Waals surface area contributed by atoms with Gasteiger partial charge < -0.3 is 0 Å². The van der Waals surface area contributed by atoms with E-state index >= 15 is 0 Å². The molecule has 0 aromatic heterocycles. The molecule has 4 nitrogen and oxygen atoms in total. The monoisotopic (exact) mass is 612 g/mol. The lowest BCUT2D eigenvalue weighted by atomic mass is 9.70. The SMILES string of the molecule is Cc1ccc(P(=O)(NCC2CC(NP(=O)(c3ccc(C)cc3)c3ccc(C)cc3)CC(C)(C)C2)c2ccc(C)cc2)cc1. The summed E-state index contributed by atoms with van der Waals surface area (Å²) >= 11 is 0. The van der Waals surface area contributed by atoms with Crippen LogP contribution in [0.2, 0.25) is 0 Å². The van der Waals surface area contributed by atoms with Crippen molar-refractivity contribution in [3.63, 3.8) is 0 Å². The molecule has 0 heterocycles. The van der Waals surface area contributed by atoms with Crippen LogP contribution in [0.1, 0.15) is 55.4 Å².